The molecule has 2 aromatic rings. The predicted molar refractivity (Wildman–Crippen MR) is 105 cm³/mol. The number of halogens is 1. The SMILES string of the molecule is CCCCCOc1ccc(/C=C2\Oc3ccc(Br)cc3C2=O)cc1OC. The second-order valence-corrected chi connectivity index (χ2v) is 6.96. The number of hydrogen-bond acceptors (Lipinski definition) is 4. The number of allylic oxidation sites excluding steroid dienone is 1. The smallest absolute Gasteiger partial charge is 0.232 e. The first kappa shape index (κ1) is 18.5. The van der Waals surface area contributed by atoms with Crippen LogP contribution in [0, 0.1) is 0 Å². The number of hydrogen-bond donors (Lipinski definition) is 0. The molecule has 1 heterocycles. The van der Waals surface area contributed by atoms with Crippen molar-refractivity contribution < 1.29 is 19.0 Å². The summed E-state index contributed by atoms with van der Waals surface area (Å²) in [5.74, 6) is 2.10. The zero-order valence-corrected chi connectivity index (χ0v) is 16.5. The van der Waals surface area contributed by atoms with Gasteiger partial charge < -0.3 is 14.2 Å². The number of unbranched alkanes of at least 4 members (excludes halogenated alkanes) is 2. The molecule has 0 fully saturated rings. The van der Waals surface area contributed by atoms with Crippen molar-refractivity contribution in [1.82, 2.24) is 0 Å². The third-order valence-corrected chi connectivity index (χ3v) is 4.61. The molecule has 0 radical (unpaired) electrons. The summed E-state index contributed by atoms with van der Waals surface area (Å²) in [5.41, 5.74) is 1.38. The van der Waals surface area contributed by atoms with Crippen LogP contribution in [0.3, 0.4) is 0 Å². The van der Waals surface area contributed by atoms with Crippen LogP contribution in [0.5, 0.6) is 17.2 Å². The molecule has 0 bridgehead atoms. The van der Waals surface area contributed by atoms with Gasteiger partial charge in [0.1, 0.15) is 5.75 Å². The Morgan fingerprint density at radius 2 is 1.96 bits per heavy atom. The third kappa shape index (κ3) is 4.10. The molecule has 0 saturated heterocycles. The van der Waals surface area contributed by atoms with Crippen LogP contribution >= 0.6 is 15.9 Å². The Morgan fingerprint density at radius 3 is 2.73 bits per heavy atom. The minimum absolute atomic E-state index is 0.125. The summed E-state index contributed by atoms with van der Waals surface area (Å²) in [6, 6.07) is 11.0. The molecule has 0 saturated carbocycles. The number of rotatable bonds is 7. The van der Waals surface area contributed by atoms with Crippen molar-refractivity contribution in [1.29, 1.82) is 0 Å². The van der Waals surface area contributed by atoms with Gasteiger partial charge in [0.25, 0.3) is 0 Å². The molecule has 1 aliphatic rings. The van der Waals surface area contributed by atoms with Crippen LogP contribution in [-0.2, 0) is 0 Å². The maximum atomic E-state index is 12.5. The summed E-state index contributed by atoms with van der Waals surface area (Å²) in [4.78, 5) is 12.5. The van der Waals surface area contributed by atoms with Crippen molar-refractivity contribution in [3.05, 3.63) is 57.8 Å². The molecule has 2 aromatic carbocycles. The van der Waals surface area contributed by atoms with Crippen LogP contribution in [-0.4, -0.2) is 19.5 Å². The quantitative estimate of drug-likeness (QED) is 0.432. The van der Waals surface area contributed by atoms with E-state index in [4.69, 9.17) is 14.2 Å². The number of ketones is 1. The average Bonchev–Trinajstić information content (AvgIpc) is 2.95. The van der Waals surface area contributed by atoms with Crippen molar-refractivity contribution in [2.75, 3.05) is 13.7 Å². The first-order valence-corrected chi connectivity index (χ1v) is 9.46. The molecule has 0 amide bonds. The normalized spacial score (nSPS) is 14.3. The molecule has 1 aliphatic heterocycles. The summed E-state index contributed by atoms with van der Waals surface area (Å²) in [7, 11) is 1.61. The van der Waals surface area contributed by atoms with Gasteiger partial charge in [-0.2, -0.15) is 0 Å². The molecule has 5 heteroatoms. The zero-order chi connectivity index (χ0) is 18.5. The highest BCUT2D eigenvalue weighted by Crippen LogP contribution is 2.35. The van der Waals surface area contributed by atoms with Crippen molar-refractivity contribution in [2.24, 2.45) is 0 Å². The van der Waals surface area contributed by atoms with Crippen LogP contribution in [0.25, 0.3) is 6.08 Å². The van der Waals surface area contributed by atoms with E-state index in [1.807, 2.05) is 24.3 Å². The van der Waals surface area contributed by atoms with Gasteiger partial charge >= 0.3 is 0 Å². The number of ether oxygens (including phenoxy) is 3. The molecule has 136 valence electrons. The van der Waals surface area contributed by atoms with Crippen LogP contribution in [0.15, 0.2) is 46.6 Å². The van der Waals surface area contributed by atoms with E-state index in [0.29, 0.717) is 35.2 Å². The van der Waals surface area contributed by atoms with Crippen molar-refractivity contribution in [3.8, 4) is 17.2 Å². The van der Waals surface area contributed by atoms with Crippen LogP contribution in [0.4, 0.5) is 0 Å². The Balaban J connectivity index is 1.78. The van der Waals surface area contributed by atoms with Crippen LogP contribution < -0.4 is 14.2 Å². The summed E-state index contributed by atoms with van der Waals surface area (Å²) in [5, 5.41) is 0. The largest absolute Gasteiger partial charge is 0.493 e. The molecular formula is C21H21BrO4. The number of fused-ring (bicyclic) bond motifs is 1. The van der Waals surface area contributed by atoms with E-state index in [-0.39, 0.29) is 5.78 Å². The summed E-state index contributed by atoms with van der Waals surface area (Å²) in [6.45, 7) is 2.82. The molecule has 0 unspecified atom stereocenters. The van der Waals surface area contributed by atoms with Gasteiger partial charge in [-0.1, -0.05) is 41.8 Å². The number of Topliss-reactive ketones (excluding diaryl/α,β-unsaturated/α-hetero) is 1. The number of carbonyl (C=O) groups excluding carboxylic acids is 1. The minimum atomic E-state index is -0.125. The van der Waals surface area contributed by atoms with Crippen molar-refractivity contribution in [2.45, 2.75) is 26.2 Å². The van der Waals surface area contributed by atoms with Gasteiger partial charge in [-0.05, 0) is 48.4 Å². The molecule has 0 aromatic heterocycles. The fraction of sp³-hybridized carbons (Fsp3) is 0.286. The van der Waals surface area contributed by atoms with Crippen molar-refractivity contribution in [3.63, 3.8) is 0 Å². The third-order valence-electron chi connectivity index (χ3n) is 4.12. The summed E-state index contributed by atoms with van der Waals surface area (Å²) >= 11 is 3.38. The van der Waals surface area contributed by atoms with Gasteiger partial charge in [-0.3, -0.25) is 4.79 Å². The Hall–Kier alpha value is -2.27. The lowest BCUT2D eigenvalue weighted by molar-refractivity contribution is 0.101. The van der Waals surface area contributed by atoms with Gasteiger partial charge in [0, 0.05) is 4.47 Å². The van der Waals surface area contributed by atoms with Gasteiger partial charge in [0.2, 0.25) is 5.78 Å². The monoisotopic (exact) mass is 416 g/mol. The number of carbonyl (C=O) groups is 1. The Morgan fingerprint density at radius 1 is 1.12 bits per heavy atom. The lowest BCUT2D eigenvalue weighted by atomic mass is 10.1. The second kappa shape index (κ2) is 8.41. The lowest BCUT2D eigenvalue weighted by Crippen LogP contribution is -2.00. The van der Waals surface area contributed by atoms with E-state index in [9.17, 15) is 4.79 Å². The minimum Gasteiger partial charge on any atom is -0.493 e. The lowest BCUT2D eigenvalue weighted by Gasteiger charge is -2.11. The van der Waals surface area contributed by atoms with Crippen LogP contribution in [0.1, 0.15) is 42.1 Å². The maximum Gasteiger partial charge on any atom is 0.232 e. The standard InChI is InChI=1S/C21H21BrO4/c1-3-4-5-10-25-18-8-6-14(11-19(18)24-2)12-20-21(23)16-13-15(22)7-9-17(16)26-20/h6-9,11-13H,3-5,10H2,1-2H3/b20-12-. The highest BCUT2D eigenvalue weighted by molar-refractivity contribution is 9.10. The number of benzene rings is 2. The molecular weight excluding hydrogens is 396 g/mol. The van der Waals surface area contributed by atoms with E-state index >= 15 is 0 Å². The van der Waals surface area contributed by atoms with E-state index in [0.717, 1.165) is 29.3 Å². The molecule has 26 heavy (non-hydrogen) atoms. The average molecular weight is 417 g/mol. The first-order chi connectivity index (χ1) is 12.6. The highest BCUT2D eigenvalue weighted by atomic mass is 79.9. The Labute approximate surface area is 161 Å². The Kier molecular flexibility index (Phi) is 5.99. The predicted octanol–water partition coefficient (Wildman–Crippen LogP) is 5.64. The van der Waals surface area contributed by atoms with Crippen LogP contribution in [0.2, 0.25) is 0 Å². The van der Waals surface area contributed by atoms with Gasteiger partial charge in [-0.15, -0.1) is 0 Å². The molecule has 0 spiro atoms. The van der Waals surface area contributed by atoms with E-state index in [1.54, 1.807) is 25.3 Å². The van der Waals surface area contributed by atoms with Gasteiger partial charge in [0.05, 0.1) is 19.3 Å². The fourth-order valence-corrected chi connectivity index (χ4v) is 3.10. The molecule has 4 nitrogen and oxygen atoms in total. The molecule has 0 N–H and O–H groups in total. The van der Waals surface area contributed by atoms with Gasteiger partial charge in [-0.25, -0.2) is 0 Å². The first-order valence-electron chi connectivity index (χ1n) is 8.67. The highest BCUT2D eigenvalue weighted by Gasteiger charge is 2.27. The zero-order valence-electron chi connectivity index (χ0n) is 14.9. The maximum absolute atomic E-state index is 12.5. The summed E-state index contributed by atoms with van der Waals surface area (Å²) < 4.78 is 17.8. The van der Waals surface area contributed by atoms with Crippen molar-refractivity contribution >= 4 is 27.8 Å². The molecule has 0 aliphatic carbocycles. The van der Waals surface area contributed by atoms with E-state index in [2.05, 4.69) is 22.9 Å². The topological polar surface area (TPSA) is 44.8 Å². The number of methoxy groups -OCH3 is 1. The molecule has 3 rings (SSSR count). The van der Waals surface area contributed by atoms with Gasteiger partial charge in [0.15, 0.2) is 17.3 Å². The Bertz CT molecular complexity index is 842. The summed E-state index contributed by atoms with van der Waals surface area (Å²) in [6.07, 6.45) is 5.03. The van der Waals surface area contributed by atoms with E-state index < -0.39 is 0 Å². The molecule has 0 atom stereocenters. The second-order valence-electron chi connectivity index (χ2n) is 6.05. The van der Waals surface area contributed by atoms with E-state index in [1.165, 1.54) is 0 Å². The fourth-order valence-electron chi connectivity index (χ4n) is 2.74.